The van der Waals surface area contributed by atoms with Gasteiger partial charge in [0.15, 0.2) is 0 Å². The summed E-state index contributed by atoms with van der Waals surface area (Å²) in [6.07, 6.45) is 6.71. The number of likely N-dealkylation sites (tertiary alicyclic amines) is 1. The van der Waals surface area contributed by atoms with E-state index in [2.05, 4.69) is 68.2 Å². The summed E-state index contributed by atoms with van der Waals surface area (Å²) in [5.74, 6) is 1.44. The van der Waals surface area contributed by atoms with Crippen LogP contribution in [0.5, 0.6) is 5.75 Å². The fourth-order valence-electron chi connectivity index (χ4n) is 5.47. The van der Waals surface area contributed by atoms with Gasteiger partial charge in [-0.1, -0.05) is 40.5 Å². The van der Waals surface area contributed by atoms with E-state index in [0.717, 1.165) is 42.8 Å². The minimum absolute atomic E-state index is 0.193. The van der Waals surface area contributed by atoms with Gasteiger partial charge < -0.3 is 14.5 Å². The normalized spacial score (nSPS) is 23.5. The summed E-state index contributed by atoms with van der Waals surface area (Å²) >= 11 is 3.54. The van der Waals surface area contributed by atoms with E-state index < -0.39 is 0 Å². The Morgan fingerprint density at radius 1 is 1.00 bits per heavy atom. The van der Waals surface area contributed by atoms with Crippen LogP contribution in [0.2, 0.25) is 0 Å². The molecule has 2 aromatic carbocycles. The molecular formula is C26H31BrN2O2. The Morgan fingerprint density at radius 2 is 1.81 bits per heavy atom. The van der Waals surface area contributed by atoms with Crippen LogP contribution in [-0.2, 0) is 4.79 Å². The molecule has 3 heterocycles. The number of rotatable bonds is 6. The van der Waals surface area contributed by atoms with Gasteiger partial charge in [0.05, 0.1) is 12.6 Å². The van der Waals surface area contributed by atoms with Crippen LogP contribution in [0.15, 0.2) is 46.9 Å². The van der Waals surface area contributed by atoms with Gasteiger partial charge in [-0.05, 0) is 79.7 Å². The molecule has 1 amide bonds. The van der Waals surface area contributed by atoms with Crippen LogP contribution in [-0.4, -0.2) is 48.5 Å². The number of hydrogen-bond donors (Lipinski definition) is 0. The Balaban J connectivity index is 1.33. The lowest BCUT2D eigenvalue weighted by atomic mass is 9.81. The van der Waals surface area contributed by atoms with Crippen LogP contribution in [0.25, 0.3) is 0 Å². The van der Waals surface area contributed by atoms with Crippen LogP contribution in [0.4, 0.5) is 0 Å². The molecule has 4 nitrogen and oxygen atoms in total. The maximum atomic E-state index is 12.5. The Kier molecular flexibility index (Phi) is 6.33. The van der Waals surface area contributed by atoms with Crippen molar-refractivity contribution in [2.45, 2.75) is 50.5 Å². The SMILES string of the molecule is O=C1CCC2c3ccc(OCCCN4CCCCC4)cc3C(c3ccc(Br)cc3)CN12. The number of nitrogens with zero attached hydrogens (tertiary/aromatic N) is 2. The summed E-state index contributed by atoms with van der Waals surface area (Å²) in [5, 5.41) is 0. The first kappa shape index (κ1) is 21.0. The van der Waals surface area contributed by atoms with Crippen molar-refractivity contribution in [3.05, 3.63) is 63.6 Å². The van der Waals surface area contributed by atoms with Crippen molar-refractivity contribution < 1.29 is 9.53 Å². The smallest absolute Gasteiger partial charge is 0.223 e. The Labute approximate surface area is 193 Å². The highest BCUT2D eigenvalue weighted by atomic mass is 79.9. The standard InChI is InChI=1S/C26H31BrN2O2/c27-20-7-5-19(6-8-20)24-18-29-25(11-12-26(29)30)22-10-9-21(17-23(22)24)31-16-4-15-28-13-2-1-3-14-28/h5-10,17,24-25H,1-4,11-16,18H2. The predicted molar refractivity (Wildman–Crippen MR) is 127 cm³/mol. The zero-order valence-electron chi connectivity index (χ0n) is 18.1. The number of carbonyl (C=O) groups excluding carboxylic acids is 1. The van der Waals surface area contributed by atoms with Crippen LogP contribution in [0, 0.1) is 0 Å². The second-order valence-corrected chi connectivity index (χ2v) is 10.0. The predicted octanol–water partition coefficient (Wildman–Crippen LogP) is 5.51. The number of amides is 1. The summed E-state index contributed by atoms with van der Waals surface area (Å²) in [7, 11) is 0. The van der Waals surface area contributed by atoms with E-state index in [9.17, 15) is 4.79 Å². The van der Waals surface area contributed by atoms with Crippen LogP contribution in [0.3, 0.4) is 0 Å². The van der Waals surface area contributed by atoms with E-state index in [1.807, 2.05) is 0 Å². The van der Waals surface area contributed by atoms with Crippen LogP contribution < -0.4 is 4.74 Å². The summed E-state index contributed by atoms with van der Waals surface area (Å²) in [4.78, 5) is 17.2. The first-order valence-corrected chi connectivity index (χ1v) is 12.5. The van der Waals surface area contributed by atoms with Crippen molar-refractivity contribution in [1.82, 2.24) is 9.80 Å². The van der Waals surface area contributed by atoms with Gasteiger partial charge in [-0.3, -0.25) is 4.79 Å². The molecule has 31 heavy (non-hydrogen) atoms. The van der Waals surface area contributed by atoms with Gasteiger partial charge in [0, 0.05) is 29.9 Å². The summed E-state index contributed by atoms with van der Waals surface area (Å²) < 4.78 is 7.26. The second-order valence-electron chi connectivity index (χ2n) is 9.10. The first-order chi connectivity index (χ1) is 15.2. The van der Waals surface area contributed by atoms with Gasteiger partial charge in [0.2, 0.25) is 5.91 Å². The highest BCUT2D eigenvalue weighted by Crippen LogP contribution is 2.45. The molecule has 2 unspecified atom stereocenters. The minimum atomic E-state index is 0.193. The molecule has 0 aromatic heterocycles. The molecule has 2 saturated heterocycles. The highest BCUT2D eigenvalue weighted by molar-refractivity contribution is 9.10. The molecule has 2 fully saturated rings. The molecule has 0 radical (unpaired) electrons. The molecule has 0 N–H and O–H groups in total. The molecule has 5 heteroatoms. The van der Waals surface area contributed by atoms with Crippen LogP contribution in [0.1, 0.15) is 67.2 Å². The molecular weight excluding hydrogens is 452 g/mol. The number of halogens is 1. The zero-order valence-corrected chi connectivity index (χ0v) is 19.6. The molecule has 5 rings (SSSR count). The largest absolute Gasteiger partial charge is 0.494 e. The van der Waals surface area contributed by atoms with E-state index in [4.69, 9.17) is 4.74 Å². The fraction of sp³-hybridized carbons (Fsp3) is 0.500. The summed E-state index contributed by atoms with van der Waals surface area (Å²) in [6, 6.07) is 15.3. The molecule has 164 valence electrons. The monoisotopic (exact) mass is 482 g/mol. The van der Waals surface area contributed by atoms with Crippen molar-refractivity contribution in [2.75, 3.05) is 32.8 Å². The van der Waals surface area contributed by atoms with Gasteiger partial charge in [0.1, 0.15) is 5.75 Å². The van der Waals surface area contributed by atoms with Gasteiger partial charge >= 0.3 is 0 Å². The average Bonchev–Trinajstić information content (AvgIpc) is 3.18. The number of benzene rings is 2. The molecule has 3 aliphatic rings. The molecule has 3 aliphatic heterocycles. The molecule has 0 aliphatic carbocycles. The molecule has 2 atom stereocenters. The second kappa shape index (κ2) is 9.33. The van der Waals surface area contributed by atoms with Gasteiger partial charge in [-0.15, -0.1) is 0 Å². The number of carbonyl (C=O) groups is 1. The first-order valence-electron chi connectivity index (χ1n) is 11.7. The van der Waals surface area contributed by atoms with E-state index in [1.54, 1.807) is 0 Å². The number of piperidine rings is 1. The summed E-state index contributed by atoms with van der Waals surface area (Å²) in [5.41, 5.74) is 3.88. The van der Waals surface area contributed by atoms with E-state index >= 15 is 0 Å². The van der Waals surface area contributed by atoms with Gasteiger partial charge in [-0.2, -0.15) is 0 Å². The third kappa shape index (κ3) is 4.54. The van der Waals surface area contributed by atoms with Crippen molar-refractivity contribution >= 4 is 21.8 Å². The fourth-order valence-corrected chi connectivity index (χ4v) is 5.73. The maximum absolute atomic E-state index is 12.5. The van der Waals surface area contributed by atoms with Gasteiger partial charge in [0.25, 0.3) is 0 Å². The quantitative estimate of drug-likeness (QED) is 0.508. The van der Waals surface area contributed by atoms with Crippen molar-refractivity contribution in [3.8, 4) is 5.75 Å². The van der Waals surface area contributed by atoms with Crippen molar-refractivity contribution in [2.24, 2.45) is 0 Å². The Bertz CT molecular complexity index is 924. The molecule has 0 spiro atoms. The lowest BCUT2D eigenvalue weighted by Gasteiger charge is -2.38. The highest BCUT2D eigenvalue weighted by Gasteiger charge is 2.40. The lowest BCUT2D eigenvalue weighted by molar-refractivity contribution is -0.129. The Hall–Kier alpha value is -1.85. The van der Waals surface area contributed by atoms with E-state index in [0.29, 0.717) is 6.42 Å². The minimum Gasteiger partial charge on any atom is -0.494 e. The van der Waals surface area contributed by atoms with Crippen molar-refractivity contribution in [1.29, 1.82) is 0 Å². The van der Waals surface area contributed by atoms with E-state index in [-0.39, 0.29) is 17.9 Å². The third-order valence-electron chi connectivity index (χ3n) is 7.11. The number of fused-ring (bicyclic) bond motifs is 3. The van der Waals surface area contributed by atoms with Crippen LogP contribution >= 0.6 is 15.9 Å². The topological polar surface area (TPSA) is 32.8 Å². The Morgan fingerprint density at radius 3 is 2.61 bits per heavy atom. The number of ether oxygens (including phenoxy) is 1. The molecule has 0 saturated carbocycles. The molecule has 0 bridgehead atoms. The third-order valence-corrected chi connectivity index (χ3v) is 7.64. The number of hydrogen-bond acceptors (Lipinski definition) is 3. The zero-order chi connectivity index (χ0) is 21.2. The summed E-state index contributed by atoms with van der Waals surface area (Å²) in [6.45, 7) is 5.13. The van der Waals surface area contributed by atoms with Gasteiger partial charge in [-0.25, -0.2) is 0 Å². The van der Waals surface area contributed by atoms with Crippen molar-refractivity contribution in [3.63, 3.8) is 0 Å². The molecule has 2 aromatic rings. The average molecular weight is 483 g/mol. The van der Waals surface area contributed by atoms with E-state index in [1.165, 1.54) is 49.0 Å². The lowest BCUT2D eigenvalue weighted by Crippen LogP contribution is -2.37. The maximum Gasteiger partial charge on any atom is 0.223 e.